The van der Waals surface area contributed by atoms with Gasteiger partial charge >= 0.3 is 19.4 Å². The van der Waals surface area contributed by atoms with Crippen LogP contribution >= 0.6 is 7.75 Å². The van der Waals surface area contributed by atoms with E-state index in [9.17, 15) is 18.9 Å². The fraction of sp³-hybridized carbons (Fsp3) is 0.560. The number of aromatic nitrogens is 2. The quantitative estimate of drug-likeness (QED) is 0.304. The number of hydrogen-bond acceptors (Lipinski definition) is 10. The van der Waals surface area contributed by atoms with E-state index in [1.165, 1.54) is 24.8 Å². The normalized spacial score (nSPS) is 22.1. The van der Waals surface area contributed by atoms with Crippen LogP contribution in [-0.4, -0.2) is 54.3 Å². The minimum atomic E-state index is -4.16. The van der Waals surface area contributed by atoms with Gasteiger partial charge in [-0.25, -0.2) is 9.36 Å². The summed E-state index contributed by atoms with van der Waals surface area (Å²) in [5, 5.41) is 2.65. The Labute approximate surface area is 225 Å². The molecule has 1 aromatic carbocycles. The molecule has 1 unspecified atom stereocenters. The van der Waals surface area contributed by atoms with Gasteiger partial charge in [0.1, 0.15) is 30.3 Å². The molecule has 1 aliphatic heterocycles. The minimum Gasteiger partial charge on any atom is -0.497 e. The lowest BCUT2D eigenvalue weighted by Crippen LogP contribution is -2.38. The number of carbonyl (C=O) groups is 1. The number of esters is 1. The topological polar surface area (TPSA) is 156 Å². The number of nitrogens with one attached hydrogen (secondary N) is 2. The Bertz CT molecular complexity index is 1290. The molecular weight excluding hydrogens is 533 g/mol. The highest BCUT2D eigenvalue weighted by Gasteiger charge is 2.36. The van der Waals surface area contributed by atoms with Crippen LogP contribution in [0.25, 0.3) is 0 Å². The standard InChI is InChI=1S/C25H34N3O10P/c1-16-13-28(25(31)26-23(16)29)21-14-34-22(37-21)15-35-39(32,38-20-11-9-18(33-3)10-12-20)27-17(2)24(30)36-19-7-5-4-6-8-19/h9-13,17,19,21-22H,4-8,14-15H2,1-3H3,(H,27,32)(H,26,29,31)/t17-,21+,22+,39?/m0/s1. The van der Waals surface area contributed by atoms with Crippen LogP contribution < -0.4 is 25.6 Å². The summed E-state index contributed by atoms with van der Waals surface area (Å²) >= 11 is 0. The first kappa shape index (κ1) is 29.0. The number of hydrogen-bond donors (Lipinski definition) is 2. The summed E-state index contributed by atoms with van der Waals surface area (Å²) in [7, 11) is -2.65. The molecule has 4 rings (SSSR count). The SMILES string of the molecule is COc1ccc(OP(=O)(N[C@@H](C)C(=O)OC2CCCCC2)OC[C@@H]2OC[C@H](n3cc(C)c(=O)[nH]c3=O)O2)cc1. The molecule has 1 saturated carbocycles. The summed E-state index contributed by atoms with van der Waals surface area (Å²) in [6, 6.07) is 5.34. The number of nitrogens with zero attached hydrogens (tertiary/aromatic N) is 1. The highest BCUT2D eigenvalue weighted by atomic mass is 31.2. The molecule has 0 spiro atoms. The van der Waals surface area contributed by atoms with Gasteiger partial charge in [-0.15, -0.1) is 0 Å². The Balaban J connectivity index is 1.42. The molecule has 0 radical (unpaired) electrons. The second kappa shape index (κ2) is 12.9. The van der Waals surface area contributed by atoms with Gasteiger partial charge in [0.25, 0.3) is 5.56 Å². The summed E-state index contributed by atoms with van der Waals surface area (Å²) in [6.45, 7) is 2.71. The first-order valence-corrected chi connectivity index (χ1v) is 14.4. The monoisotopic (exact) mass is 567 g/mol. The molecule has 39 heavy (non-hydrogen) atoms. The smallest absolute Gasteiger partial charge is 0.459 e. The maximum atomic E-state index is 13.8. The van der Waals surface area contributed by atoms with E-state index in [1.807, 2.05) is 0 Å². The van der Waals surface area contributed by atoms with E-state index < -0.39 is 43.5 Å². The number of carbonyl (C=O) groups excluding carboxylic acids is 1. The van der Waals surface area contributed by atoms with Crippen LogP contribution in [0, 0.1) is 6.92 Å². The largest absolute Gasteiger partial charge is 0.497 e. The van der Waals surface area contributed by atoms with Crippen molar-refractivity contribution in [1.29, 1.82) is 0 Å². The van der Waals surface area contributed by atoms with E-state index in [0.29, 0.717) is 11.3 Å². The second-order valence-corrected chi connectivity index (χ2v) is 11.1. The third-order valence-corrected chi connectivity index (χ3v) is 8.04. The molecule has 2 aromatic rings. The third kappa shape index (κ3) is 7.80. The van der Waals surface area contributed by atoms with Gasteiger partial charge in [0.2, 0.25) is 0 Å². The number of ether oxygens (including phenoxy) is 4. The molecule has 2 fully saturated rings. The molecule has 4 atom stereocenters. The van der Waals surface area contributed by atoms with E-state index in [2.05, 4.69) is 10.1 Å². The lowest BCUT2D eigenvalue weighted by atomic mass is 9.98. The van der Waals surface area contributed by atoms with Crippen molar-refractivity contribution in [2.75, 3.05) is 20.3 Å². The Morgan fingerprint density at radius 3 is 2.56 bits per heavy atom. The van der Waals surface area contributed by atoms with Gasteiger partial charge in [0, 0.05) is 11.8 Å². The highest BCUT2D eigenvalue weighted by Crippen LogP contribution is 2.46. The van der Waals surface area contributed by atoms with E-state index in [-0.39, 0.29) is 25.1 Å². The Morgan fingerprint density at radius 2 is 1.87 bits per heavy atom. The Kier molecular flexibility index (Phi) is 9.62. The van der Waals surface area contributed by atoms with E-state index >= 15 is 0 Å². The van der Waals surface area contributed by atoms with Crippen molar-refractivity contribution in [2.24, 2.45) is 0 Å². The van der Waals surface area contributed by atoms with Crippen LogP contribution in [0.15, 0.2) is 40.1 Å². The first-order chi connectivity index (χ1) is 18.7. The Morgan fingerprint density at radius 1 is 1.18 bits per heavy atom. The number of methoxy groups -OCH3 is 1. The predicted molar refractivity (Wildman–Crippen MR) is 139 cm³/mol. The molecule has 0 amide bonds. The molecule has 1 aromatic heterocycles. The summed E-state index contributed by atoms with van der Waals surface area (Å²) < 4.78 is 48.3. The molecule has 2 aliphatic rings. The van der Waals surface area contributed by atoms with E-state index in [1.54, 1.807) is 31.2 Å². The first-order valence-electron chi connectivity index (χ1n) is 12.8. The van der Waals surface area contributed by atoms with Gasteiger partial charge in [0.15, 0.2) is 12.5 Å². The van der Waals surface area contributed by atoms with Gasteiger partial charge in [0.05, 0.1) is 13.7 Å². The summed E-state index contributed by atoms with van der Waals surface area (Å²) in [6.07, 6.45) is 4.06. The van der Waals surface area contributed by atoms with Crippen molar-refractivity contribution in [1.82, 2.24) is 14.6 Å². The van der Waals surface area contributed by atoms with Gasteiger partial charge in [-0.3, -0.25) is 23.7 Å². The fourth-order valence-electron chi connectivity index (χ4n) is 4.24. The fourth-order valence-corrected chi connectivity index (χ4v) is 5.72. The molecule has 214 valence electrons. The van der Waals surface area contributed by atoms with Crippen molar-refractivity contribution in [3.63, 3.8) is 0 Å². The van der Waals surface area contributed by atoms with Crippen molar-refractivity contribution >= 4 is 13.7 Å². The van der Waals surface area contributed by atoms with Crippen molar-refractivity contribution in [2.45, 2.75) is 70.6 Å². The minimum absolute atomic E-state index is 0.0133. The lowest BCUT2D eigenvalue weighted by molar-refractivity contribution is -0.152. The average molecular weight is 568 g/mol. The lowest BCUT2D eigenvalue weighted by Gasteiger charge is -2.26. The predicted octanol–water partition coefficient (Wildman–Crippen LogP) is 2.78. The number of aromatic amines is 1. The number of benzene rings is 1. The molecule has 13 nitrogen and oxygen atoms in total. The van der Waals surface area contributed by atoms with Crippen molar-refractivity contribution < 1.29 is 37.4 Å². The number of aryl methyl sites for hydroxylation is 1. The highest BCUT2D eigenvalue weighted by molar-refractivity contribution is 7.52. The summed E-state index contributed by atoms with van der Waals surface area (Å²) in [4.78, 5) is 38.8. The van der Waals surface area contributed by atoms with E-state index in [4.69, 9.17) is 28.0 Å². The van der Waals surface area contributed by atoms with Gasteiger partial charge < -0.3 is 23.5 Å². The summed E-state index contributed by atoms with van der Waals surface area (Å²) in [5.74, 6) is 0.216. The zero-order valence-corrected chi connectivity index (χ0v) is 23.0. The van der Waals surface area contributed by atoms with Gasteiger partial charge in [-0.1, -0.05) is 6.42 Å². The maximum Gasteiger partial charge on any atom is 0.459 e. The van der Waals surface area contributed by atoms with Crippen LogP contribution in [0.4, 0.5) is 0 Å². The molecule has 2 N–H and O–H groups in total. The molecule has 1 saturated heterocycles. The third-order valence-electron chi connectivity index (χ3n) is 6.40. The molecule has 0 bridgehead atoms. The van der Waals surface area contributed by atoms with E-state index in [0.717, 1.165) is 32.1 Å². The maximum absolute atomic E-state index is 13.8. The van der Waals surface area contributed by atoms with Crippen LogP contribution in [0.1, 0.15) is 50.8 Å². The zero-order valence-electron chi connectivity index (χ0n) is 22.1. The average Bonchev–Trinajstić information content (AvgIpc) is 3.39. The van der Waals surface area contributed by atoms with Crippen molar-refractivity contribution in [3.8, 4) is 11.5 Å². The zero-order chi connectivity index (χ0) is 28.0. The van der Waals surface area contributed by atoms with Gasteiger partial charge in [-0.05, 0) is 63.8 Å². The van der Waals surface area contributed by atoms with Gasteiger partial charge in [-0.2, -0.15) is 5.09 Å². The van der Waals surface area contributed by atoms with Crippen molar-refractivity contribution in [3.05, 3.63) is 56.9 Å². The molecule has 1 aliphatic carbocycles. The second-order valence-electron chi connectivity index (χ2n) is 9.44. The Hall–Kier alpha value is -2.96. The van der Waals surface area contributed by atoms with Crippen LogP contribution in [0.2, 0.25) is 0 Å². The molecule has 2 heterocycles. The molecular formula is C25H34N3O10P. The molecule has 14 heteroatoms. The number of rotatable bonds is 11. The van der Waals surface area contributed by atoms with Crippen LogP contribution in [0.5, 0.6) is 11.5 Å². The number of H-pyrrole nitrogens is 1. The van der Waals surface area contributed by atoms with Crippen LogP contribution in [0.3, 0.4) is 0 Å². The van der Waals surface area contributed by atoms with Crippen LogP contribution in [-0.2, 0) is 28.1 Å². The summed E-state index contributed by atoms with van der Waals surface area (Å²) in [5.41, 5.74) is -0.816.